The second kappa shape index (κ2) is 4.20. The second-order valence-corrected chi connectivity index (χ2v) is 4.39. The van der Waals surface area contributed by atoms with Crippen molar-refractivity contribution in [1.29, 1.82) is 0 Å². The Morgan fingerprint density at radius 3 is 2.47 bits per heavy atom. The Labute approximate surface area is 99.9 Å². The molecule has 0 saturated carbocycles. The Morgan fingerprint density at radius 1 is 1.35 bits per heavy atom. The van der Waals surface area contributed by atoms with Crippen LogP contribution in [0.3, 0.4) is 0 Å². The minimum atomic E-state index is -1.26. The number of carboxylic acid groups (broad SMARTS) is 1. The van der Waals surface area contributed by atoms with E-state index in [1.54, 1.807) is 31.2 Å². The number of aliphatic carboxylic acids is 1. The molecule has 1 unspecified atom stereocenters. The Kier molecular flexibility index (Phi) is 2.88. The number of hydrogen-bond donors (Lipinski definition) is 1. The summed E-state index contributed by atoms with van der Waals surface area (Å²) < 4.78 is 0. The topological polar surface area (TPSA) is 57.6 Å². The van der Waals surface area contributed by atoms with Gasteiger partial charge in [0.1, 0.15) is 0 Å². The van der Waals surface area contributed by atoms with E-state index in [2.05, 4.69) is 0 Å². The van der Waals surface area contributed by atoms with Crippen molar-refractivity contribution in [2.24, 2.45) is 0 Å². The Morgan fingerprint density at radius 2 is 2.00 bits per heavy atom. The van der Waals surface area contributed by atoms with Crippen molar-refractivity contribution < 1.29 is 14.7 Å². The summed E-state index contributed by atoms with van der Waals surface area (Å²) in [7, 11) is 0. The number of carbonyl (C=O) groups is 2. The van der Waals surface area contributed by atoms with Crippen molar-refractivity contribution in [2.75, 3.05) is 6.54 Å². The smallest absolute Gasteiger partial charge is 0.334 e. The zero-order valence-corrected chi connectivity index (χ0v) is 9.72. The molecular formula is C13H15NO3. The van der Waals surface area contributed by atoms with Crippen LogP contribution in [0, 0.1) is 0 Å². The first-order valence-electron chi connectivity index (χ1n) is 5.66. The summed E-state index contributed by atoms with van der Waals surface area (Å²) in [5.74, 6) is -1.07. The average molecular weight is 233 g/mol. The van der Waals surface area contributed by atoms with Crippen LogP contribution >= 0.6 is 0 Å². The van der Waals surface area contributed by atoms with Gasteiger partial charge in [-0.05, 0) is 18.9 Å². The molecule has 4 heteroatoms. The van der Waals surface area contributed by atoms with Crippen molar-refractivity contribution in [2.45, 2.75) is 25.3 Å². The highest BCUT2D eigenvalue weighted by Crippen LogP contribution is 2.32. The van der Waals surface area contributed by atoms with Crippen LogP contribution in [0.2, 0.25) is 0 Å². The van der Waals surface area contributed by atoms with E-state index >= 15 is 0 Å². The molecule has 90 valence electrons. The summed E-state index contributed by atoms with van der Waals surface area (Å²) in [5.41, 5.74) is -0.614. The highest BCUT2D eigenvalue weighted by molar-refractivity contribution is 5.88. The van der Waals surface area contributed by atoms with Gasteiger partial charge in [0, 0.05) is 13.0 Å². The molecule has 17 heavy (non-hydrogen) atoms. The summed E-state index contributed by atoms with van der Waals surface area (Å²) in [6.07, 6.45) is 1.17. The predicted octanol–water partition coefficient (Wildman–Crippen LogP) is 1.61. The number of nitrogens with zero attached hydrogens (tertiary/aromatic N) is 1. The highest BCUT2D eigenvalue weighted by atomic mass is 16.4. The molecule has 0 bridgehead atoms. The molecule has 1 atom stereocenters. The molecule has 1 fully saturated rings. The molecule has 1 aromatic carbocycles. The normalized spacial score (nSPS) is 19.1. The number of carbonyl (C=O) groups excluding carboxylic acids is 1. The molecule has 1 heterocycles. The SMILES string of the molecule is CC(C(=O)O)(c1ccccc1)N1CCCC1=O. The van der Waals surface area contributed by atoms with Gasteiger partial charge in [0.25, 0.3) is 0 Å². The van der Waals surface area contributed by atoms with Gasteiger partial charge in [0.15, 0.2) is 5.54 Å². The van der Waals surface area contributed by atoms with Gasteiger partial charge in [-0.2, -0.15) is 0 Å². The van der Waals surface area contributed by atoms with Gasteiger partial charge < -0.3 is 10.0 Å². The number of likely N-dealkylation sites (tertiary alicyclic amines) is 1. The van der Waals surface area contributed by atoms with Crippen LogP contribution in [0.5, 0.6) is 0 Å². The van der Waals surface area contributed by atoms with Crippen LogP contribution in [0.25, 0.3) is 0 Å². The molecule has 0 radical (unpaired) electrons. The van der Waals surface area contributed by atoms with Crippen molar-refractivity contribution in [3.63, 3.8) is 0 Å². The maximum Gasteiger partial charge on any atom is 0.334 e. The molecular weight excluding hydrogens is 218 g/mol. The standard InChI is InChI=1S/C13H15NO3/c1-13(12(16)17,10-6-3-2-4-7-10)14-9-5-8-11(14)15/h2-4,6-7H,5,8-9H2,1H3,(H,16,17). The van der Waals surface area contributed by atoms with Crippen molar-refractivity contribution in [1.82, 2.24) is 4.90 Å². The van der Waals surface area contributed by atoms with E-state index in [9.17, 15) is 14.7 Å². The quantitative estimate of drug-likeness (QED) is 0.862. The molecule has 4 nitrogen and oxygen atoms in total. The molecule has 1 aliphatic heterocycles. The number of amides is 1. The lowest BCUT2D eigenvalue weighted by molar-refractivity contribution is -0.156. The van der Waals surface area contributed by atoms with Crippen LogP contribution in [0.4, 0.5) is 0 Å². The third kappa shape index (κ3) is 1.79. The Balaban J connectivity index is 2.46. The lowest BCUT2D eigenvalue weighted by atomic mass is 9.90. The van der Waals surface area contributed by atoms with Gasteiger partial charge in [0.05, 0.1) is 0 Å². The highest BCUT2D eigenvalue weighted by Gasteiger charge is 2.45. The van der Waals surface area contributed by atoms with Gasteiger partial charge >= 0.3 is 5.97 Å². The maximum absolute atomic E-state index is 11.8. The van der Waals surface area contributed by atoms with Gasteiger partial charge in [-0.25, -0.2) is 4.79 Å². The summed E-state index contributed by atoms with van der Waals surface area (Å²) in [6.45, 7) is 2.10. The second-order valence-electron chi connectivity index (χ2n) is 4.39. The van der Waals surface area contributed by atoms with Crippen LogP contribution in [-0.2, 0) is 15.1 Å². The monoisotopic (exact) mass is 233 g/mol. The van der Waals surface area contributed by atoms with E-state index in [4.69, 9.17) is 0 Å². The van der Waals surface area contributed by atoms with Gasteiger partial charge in [-0.1, -0.05) is 30.3 Å². The van der Waals surface area contributed by atoms with E-state index in [1.807, 2.05) is 6.07 Å². The first kappa shape index (κ1) is 11.6. The lowest BCUT2D eigenvalue weighted by Gasteiger charge is -2.35. The lowest BCUT2D eigenvalue weighted by Crippen LogP contribution is -2.50. The molecule has 1 aromatic rings. The fourth-order valence-corrected chi connectivity index (χ4v) is 2.28. The predicted molar refractivity (Wildman–Crippen MR) is 62.4 cm³/mol. The maximum atomic E-state index is 11.8. The molecule has 1 aliphatic rings. The largest absolute Gasteiger partial charge is 0.479 e. The van der Waals surface area contributed by atoms with Gasteiger partial charge in [-0.3, -0.25) is 4.79 Å². The summed E-state index contributed by atoms with van der Waals surface area (Å²) in [5, 5.41) is 9.47. The molecule has 2 rings (SSSR count). The van der Waals surface area contributed by atoms with Crippen LogP contribution < -0.4 is 0 Å². The molecule has 0 aliphatic carbocycles. The van der Waals surface area contributed by atoms with E-state index in [-0.39, 0.29) is 5.91 Å². The van der Waals surface area contributed by atoms with E-state index < -0.39 is 11.5 Å². The third-order valence-electron chi connectivity index (χ3n) is 3.37. The fraction of sp³-hybridized carbons (Fsp3) is 0.385. The molecule has 0 aromatic heterocycles. The van der Waals surface area contributed by atoms with Crippen molar-refractivity contribution in [3.8, 4) is 0 Å². The Bertz CT molecular complexity index is 443. The summed E-state index contributed by atoms with van der Waals surface area (Å²) in [6, 6.07) is 8.91. The van der Waals surface area contributed by atoms with Crippen molar-refractivity contribution in [3.05, 3.63) is 35.9 Å². The van der Waals surface area contributed by atoms with E-state index in [1.165, 1.54) is 4.90 Å². The molecule has 1 N–H and O–H groups in total. The number of hydrogen-bond acceptors (Lipinski definition) is 2. The van der Waals surface area contributed by atoms with Gasteiger partial charge in [-0.15, -0.1) is 0 Å². The minimum Gasteiger partial charge on any atom is -0.479 e. The number of carboxylic acids is 1. The first-order chi connectivity index (χ1) is 8.06. The zero-order chi connectivity index (χ0) is 12.5. The number of benzene rings is 1. The van der Waals surface area contributed by atoms with Gasteiger partial charge in [0.2, 0.25) is 5.91 Å². The zero-order valence-electron chi connectivity index (χ0n) is 9.72. The van der Waals surface area contributed by atoms with E-state index in [0.29, 0.717) is 18.5 Å². The molecule has 0 spiro atoms. The van der Waals surface area contributed by atoms with Crippen LogP contribution in [-0.4, -0.2) is 28.4 Å². The van der Waals surface area contributed by atoms with E-state index in [0.717, 1.165) is 6.42 Å². The van der Waals surface area contributed by atoms with Crippen molar-refractivity contribution >= 4 is 11.9 Å². The third-order valence-corrected chi connectivity index (χ3v) is 3.37. The first-order valence-corrected chi connectivity index (χ1v) is 5.66. The summed E-state index contributed by atoms with van der Waals surface area (Å²) >= 11 is 0. The average Bonchev–Trinajstić information content (AvgIpc) is 2.76. The Hall–Kier alpha value is -1.84. The number of rotatable bonds is 3. The minimum absolute atomic E-state index is 0.0845. The fourth-order valence-electron chi connectivity index (χ4n) is 2.28. The van der Waals surface area contributed by atoms with Crippen LogP contribution in [0.1, 0.15) is 25.3 Å². The molecule has 1 saturated heterocycles. The molecule has 1 amide bonds. The van der Waals surface area contributed by atoms with Crippen LogP contribution in [0.15, 0.2) is 30.3 Å². The summed E-state index contributed by atoms with van der Waals surface area (Å²) in [4.78, 5) is 24.8.